The zero-order valence-electron chi connectivity index (χ0n) is 18.1. The number of hydrogen-bond donors (Lipinski definition) is 2. The lowest BCUT2D eigenvalue weighted by atomic mass is 10.2. The summed E-state index contributed by atoms with van der Waals surface area (Å²) >= 11 is 0. The highest BCUT2D eigenvalue weighted by Crippen LogP contribution is 2.27. The number of hydrogen-bond acceptors (Lipinski definition) is 7. The predicted octanol–water partition coefficient (Wildman–Crippen LogP) is 3.84. The molecule has 1 aromatic heterocycles. The number of carbonyl (C=O) groups is 2. The Balaban J connectivity index is 1.72. The van der Waals surface area contributed by atoms with Crippen molar-refractivity contribution in [3.63, 3.8) is 0 Å². The lowest BCUT2D eigenvalue weighted by Gasteiger charge is -2.12. The van der Waals surface area contributed by atoms with Crippen LogP contribution in [0.2, 0.25) is 0 Å². The summed E-state index contributed by atoms with van der Waals surface area (Å²) in [6.45, 7) is 1.61. The van der Waals surface area contributed by atoms with Crippen molar-refractivity contribution in [3.8, 4) is 5.75 Å². The molecule has 3 aromatic rings. The van der Waals surface area contributed by atoms with E-state index in [-0.39, 0.29) is 21.8 Å². The molecular formula is C23H22N2O7S. The SMILES string of the molecule is COC(=O)c1cc(/C=C/C(=O)Nc2cccc(S(=O)(=O)Nc3ccccc3OC)c2)oc1C. The molecule has 1 heterocycles. The fourth-order valence-corrected chi connectivity index (χ4v) is 4.03. The van der Waals surface area contributed by atoms with Gasteiger partial charge in [-0.2, -0.15) is 0 Å². The molecule has 2 N–H and O–H groups in total. The molecule has 0 aliphatic heterocycles. The zero-order valence-corrected chi connectivity index (χ0v) is 18.9. The van der Waals surface area contributed by atoms with E-state index in [1.165, 1.54) is 50.6 Å². The van der Waals surface area contributed by atoms with Gasteiger partial charge in [0.15, 0.2) is 0 Å². The number of furan rings is 1. The van der Waals surface area contributed by atoms with Crippen LogP contribution in [0.1, 0.15) is 21.9 Å². The summed E-state index contributed by atoms with van der Waals surface area (Å²) in [6.07, 6.45) is 2.59. The zero-order chi connectivity index (χ0) is 24.0. The predicted molar refractivity (Wildman–Crippen MR) is 123 cm³/mol. The summed E-state index contributed by atoms with van der Waals surface area (Å²) in [5, 5.41) is 2.59. The van der Waals surface area contributed by atoms with Gasteiger partial charge < -0.3 is 19.2 Å². The van der Waals surface area contributed by atoms with Gasteiger partial charge in [-0.15, -0.1) is 0 Å². The van der Waals surface area contributed by atoms with Crippen molar-refractivity contribution in [2.75, 3.05) is 24.3 Å². The summed E-state index contributed by atoms with van der Waals surface area (Å²) in [5.41, 5.74) is 0.828. The van der Waals surface area contributed by atoms with Crippen LogP contribution in [0.15, 0.2) is 70.0 Å². The van der Waals surface area contributed by atoms with E-state index in [9.17, 15) is 18.0 Å². The number of anilines is 2. The Labute approximate surface area is 191 Å². The Morgan fingerprint density at radius 3 is 2.52 bits per heavy atom. The number of methoxy groups -OCH3 is 2. The minimum absolute atomic E-state index is 0.0421. The van der Waals surface area contributed by atoms with Crippen LogP contribution in [-0.2, 0) is 19.6 Å². The van der Waals surface area contributed by atoms with Gasteiger partial charge in [0.1, 0.15) is 22.8 Å². The number of benzene rings is 2. The molecule has 0 spiro atoms. The number of sulfonamides is 1. The molecule has 2 aromatic carbocycles. The molecular weight excluding hydrogens is 448 g/mol. The van der Waals surface area contributed by atoms with Gasteiger partial charge in [-0.25, -0.2) is 13.2 Å². The maximum Gasteiger partial charge on any atom is 0.341 e. The third kappa shape index (κ3) is 5.80. The molecule has 0 bridgehead atoms. The van der Waals surface area contributed by atoms with E-state index in [4.69, 9.17) is 9.15 Å². The van der Waals surface area contributed by atoms with Crippen LogP contribution in [0.5, 0.6) is 5.75 Å². The Morgan fingerprint density at radius 1 is 1.03 bits per heavy atom. The standard InChI is InChI=1S/C23H22N2O7S/c1-15-19(23(27)31-3)14-17(32-15)11-12-22(26)24-16-7-6-8-18(13-16)33(28,29)25-20-9-4-5-10-21(20)30-2/h4-14,25H,1-3H3,(H,24,26)/b12-11+. The average molecular weight is 471 g/mol. The molecule has 172 valence electrons. The van der Waals surface area contributed by atoms with Crippen LogP contribution >= 0.6 is 0 Å². The number of nitrogens with one attached hydrogen (secondary N) is 2. The minimum atomic E-state index is -3.93. The highest BCUT2D eigenvalue weighted by Gasteiger charge is 2.17. The maximum atomic E-state index is 12.8. The quantitative estimate of drug-likeness (QED) is 0.379. The second-order valence-corrected chi connectivity index (χ2v) is 8.45. The van der Waals surface area contributed by atoms with Crippen LogP contribution < -0.4 is 14.8 Å². The Bertz CT molecular complexity index is 1310. The number of rotatable bonds is 8. The smallest absolute Gasteiger partial charge is 0.341 e. The fraction of sp³-hybridized carbons (Fsp3) is 0.130. The number of ether oxygens (including phenoxy) is 2. The summed E-state index contributed by atoms with van der Waals surface area (Å²) in [6, 6.07) is 13.9. The molecule has 0 aliphatic rings. The first-order chi connectivity index (χ1) is 15.7. The van der Waals surface area contributed by atoms with E-state index in [1.54, 1.807) is 37.3 Å². The van der Waals surface area contributed by atoms with Crippen molar-refractivity contribution in [2.24, 2.45) is 0 Å². The second kappa shape index (κ2) is 10.0. The molecule has 0 fully saturated rings. The van der Waals surface area contributed by atoms with Crippen LogP contribution in [0.25, 0.3) is 6.08 Å². The Morgan fingerprint density at radius 2 is 1.79 bits per heavy atom. The third-order valence-electron chi connectivity index (χ3n) is 4.50. The highest BCUT2D eigenvalue weighted by molar-refractivity contribution is 7.92. The molecule has 10 heteroatoms. The molecule has 0 atom stereocenters. The average Bonchev–Trinajstić information content (AvgIpc) is 3.18. The normalized spacial score (nSPS) is 11.2. The molecule has 0 saturated carbocycles. The van der Waals surface area contributed by atoms with Crippen LogP contribution in [-0.4, -0.2) is 34.5 Å². The third-order valence-corrected chi connectivity index (χ3v) is 5.87. The van der Waals surface area contributed by atoms with E-state index in [2.05, 4.69) is 14.8 Å². The molecule has 9 nitrogen and oxygen atoms in total. The highest BCUT2D eigenvalue weighted by atomic mass is 32.2. The van der Waals surface area contributed by atoms with E-state index in [0.29, 0.717) is 17.3 Å². The number of carbonyl (C=O) groups excluding carboxylic acids is 2. The summed E-state index contributed by atoms with van der Waals surface area (Å²) in [4.78, 5) is 23.9. The molecule has 0 saturated heterocycles. The topological polar surface area (TPSA) is 124 Å². The molecule has 3 rings (SSSR count). The molecule has 33 heavy (non-hydrogen) atoms. The summed E-state index contributed by atoms with van der Waals surface area (Å²) in [7, 11) is -1.23. The van der Waals surface area contributed by atoms with Crippen LogP contribution in [0, 0.1) is 6.92 Å². The number of aryl methyl sites for hydroxylation is 1. The van der Waals surface area contributed by atoms with Crippen molar-refractivity contribution >= 4 is 39.4 Å². The molecule has 0 aliphatic carbocycles. The molecule has 0 unspecified atom stereocenters. The number of amides is 1. The van der Waals surface area contributed by atoms with Gasteiger partial charge in [0, 0.05) is 11.8 Å². The van der Waals surface area contributed by atoms with Crippen LogP contribution in [0.4, 0.5) is 11.4 Å². The number of para-hydroxylation sites is 2. The first-order valence-electron chi connectivity index (χ1n) is 9.67. The minimum Gasteiger partial charge on any atom is -0.495 e. The van der Waals surface area contributed by atoms with Gasteiger partial charge >= 0.3 is 5.97 Å². The summed E-state index contributed by atoms with van der Waals surface area (Å²) < 4.78 is 43.3. The van der Waals surface area contributed by atoms with Crippen molar-refractivity contribution in [1.82, 2.24) is 0 Å². The monoisotopic (exact) mass is 470 g/mol. The van der Waals surface area contributed by atoms with Crippen LogP contribution in [0.3, 0.4) is 0 Å². The van der Waals surface area contributed by atoms with Crippen molar-refractivity contribution in [2.45, 2.75) is 11.8 Å². The van der Waals surface area contributed by atoms with Gasteiger partial charge in [-0.05, 0) is 49.4 Å². The molecule has 1 amide bonds. The van der Waals surface area contributed by atoms with E-state index >= 15 is 0 Å². The van der Waals surface area contributed by atoms with Crippen molar-refractivity contribution in [3.05, 3.63) is 77.8 Å². The summed E-state index contributed by atoms with van der Waals surface area (Å²) in [5.74, 6) is -0.0297. The van der Waals surface area contributed by atoms with Gasteiger partial charge in [-0.3, -0.25) is 9.52 Å². The second-order valence-electron chi connectivity index (χ2n) is 6.77. The Kier molecular flexibility index (Phi) is 7.19. The lowest BCUT2D eigenvalue weighted by Crippen LogP contribution is -2.14. The number of esters is 1. The van der Waals surface area contributed by atoms with Gasteiger partial charge in [0.2, 0.25) is 5.91 Å². The molecule has 0 radical (unpaired) electrons. The van der Waals surface area contributed by atoms with E-state index in [1.807, 2.05) is 0 Å². The lowest BCUT2D eigenvalue weighted by molar-refractivity contribution is -0.111. The van der Waals surface area contributed by atoms with Crippen molar-refractivity contribution in [1.29, 1.82) is 0 Å². The first kappa shape index (κ1) is 23.6. The van der Waals surface area contributed by atoms with Gasteiger partial charge in [0.05, 0.1) is 24.8 Å². The Hall–Kier alpha value is -4.05. The van der Waals surface area contributed by atoms with Crippen molar-refractivity contribution < 1.29 is 31.9 Å². The van der Waals surface area contributed by atoms with Gasteiger partial charge in [0.25, 0.3) is 10.0 Å². The largest absolute Gasteiger partial charge is 0.495 e. The van der Waals surface area contributed by atoms with E-state index < -0.39 is 21.9 Å². The maximum absolute atomic E-state index is 12.8. The van der Waals surface area contributed by atoms with E-state index in [0.717, 1.165) is 0 Å². The van der Waals surface area contributed by atoms with Gasteiger partial charge in [-0.1, -0.05) is 18.2 Å². The first-order valence-corrected chi connectivity index (χ1v) is 11.2. The fourth-order valence-electron chi connectivity index (χ4n) is 2.92.